The van der Waals surface area contributed by atoms with Crippen LogP contribution in [0.1, 0.15) is 97.7 Å². The predicted molar refractivity (Wildman–Crippen MR) is 167 cm³/mol. The first-order valence-electron chi connectivity index (χ1n) is 13.8. The second-order valence-corrected chi connectivity index (χ2v) is 16.2. The molecule has 0 heterocycles. The molecule has 0 aromatic heterocycles. The number of hydrogen-bond acceptors (Lipinski definition) is 2. The second-order valence-electron chi connectivity index (χ2n) is 12.9. The van der Waals surface area contributed by atoms with Gasteiger partial charge in [0.25, 0.3) is 0 Å². The molecule has 0 radical (unpaired) electrons. The van der Waals surface area contributed by atoms with Crippen LogP contribution < -0.4 is 9.99 Å². The van der Waals surface area contributed by atoms with E-state index in [1.165, 1.54) is 33.6 Å². The molecule has 0 aliphatic carbocycles. The Morgan fingerprint density at radius 1 is 0.649 bits per heavy atom. The summed E-state index contributed by atoms with van der Waals surface area (Å²) >= 11 is 0. The Morgan fingerprint density at radius 3 is 1.65 bits per heavy atom. The molecule has 0 amide bonds. The third kappa shape index (κ3) is 6.97. The van der Waals surface area contributed by atoms with Crippen molar-refractivity contribution >= 4 is 19.4 Å². The van der Waals surface area contributed by atoms with Gasteiger partial charge in [-0.1, -0.05) is 135 Å². The van der Waals surface area contributed by atoms with E-state index >= 15 is 0 Å². The maximum atomic E-state index is 4.10. The normalized spacial score (nSPS) is 13.4. The number of hydrogen-bond donors (Lipinski definition) is 1. The van der Waals surface area contributed by atoms with Crippen LogP contribution in [0.15, 0.2) is 72.8 Å². The van der Waals surface area contributed by atoms with Gasteiger partial charge in [0.1, 0.15) is 6.17 Å². The number of aryl methyl sites for hydroxylation is 1. The lowest BCUT2D eigenvalue weighted by molar-refractivity contribution is 0.586. The highest BCUT2D eigenvalue weighted by atomic mass is 31.1. The molecule has 1 unspecified atom stereocenters. The van der Waals surface area contributed by atoms with Gasteiger partial charge in [-0.05, 0) is 66.0 Å². The van der Waals surface area contributed by atoms with Gasteiger partial charge in [-0.25, -0.2) is 0 Å². The average molecular weight is 517 g/mol. The lowest BCUT2D eigenvalue weighted by Crippen LogP contribution is -2.36. The van der Waals surface area contributed by atoms with Crippen LogP contribution in [-0.4, -0.2) is 11.3 Å². The van der Waals surface area contributed by atoms with Gasteiger partial charge in [-0.2, -0.15) is 0 Å². The molecule has 0 saturated carbocycles. The van der Waals surface area contributed by atoms with Crippen LogP contribution in [0.25, 0.3) is 0 Å². The molecular formula is C34H49N2P. The number of para-hydroxylation sites is 2. The number of anilines is 2. The molecule has 3 heteroatoms. The minimum Gasteiger partial charge on any atom is -0.361 e. The SMILES string of the molecule is Cc1ccc(C(Nc2ccccc2C(C)(C)C)N(c2ccccc2C(C)(C)C)P(C(C)C)C(C)C)cc1. The van der Waals surface area contributed by atoms with E-state index in [2.05, 4.69) is 159 Å². The van der Waals surface area contributed by atoms with Gasteiger partial charge in [0.15, 0.2) is 0 Å². The van der Waals surface area contributed by atoms with E-state index in [9.17, 15) is 0 Å². The lowest BCUT2D eigenvalue weighted by atomic mass is 9.85. The zero-order valence-corrected chi connectivity index (χ0v) is 25.9. The summed E-state index contributed by atoms with van der Waals surface area (Å²) in [6.07, 6.45) is 0.00325. The summed E-state index contributed by atoms with van der Waals surface area (Å²) in [6.45, 7) is 25.7. The standard InChI is InChI=1S/C34H49N2P/c1-24(2)37(25(3)4)36(31-19-15-13-17-29(31)34(9,10)11)32(27-22-20-26(5)21-23-27)35-30-18-14-12-16-28(30)33(6,7)8/h12-25,32,35H,1-11H3. The third-order valence-electron chi connectivity index (χ3n) is 6.93. The van der Waals surface area contributed by atoms with E-state index in [1.807, 2.05) is 0 Å². The second kappa shape index (κ2) is 11.6. The smallest absolute Gasteiger partial charge is 0.129 e. The molecule has 1 atom stereocenters. The number of nitrogens with zero attached hydrogens (tertiary/aromatic N) is 1. The molecule has 3 aromatic carbocycles. The third-order valence-corrected chi connectivity index (χ3v) is 9.99. The monoisotopic (exact) mass is 516 g/mol. The van der Waals surface area contributed by atoms with Gasteiger partial charge >= 0.3 is 0 Å². The Balaban J connectivity index is 2.34. The van der Waals surface area contributed by atoms with Gasteiger partial charge in [-0.3, -0.25) is 0 Å². The zero-order chi connectivity index (χ0) is 27.5. The quantitative estimate of drug-likeness (QED) is 0.237. The average Bonchev–Trinajstić information content (AvgIpc) is 2.80. The Bertz CT molecular complexity index is 1140. The highest BCUT2D eigenvalue weighted by Crippen LogP contribution is 2.57. The summed E-state index contributed by atoms with van der Waals surface area (Å²) in [5.41, 5.74) is 9.02. The molecule has 0 aliphatic heterocycles. The first kappa shape index (κ1) is 29.2. The minimum absolute atomic E-state index is 0.00325. The van der Waals surface area contributed by atoms with E-state index in [4.69, 9.17) is 0 Å². The number of nitrogens with one attached hydrogen (secondary N) is 1. The molecule has 200 valence electrons. The molecule has 0 aliphatic rings. The van der Waals surface area contributed by atoms with E-state index < -0.39 is 8.07 Å². The van der Waals surface area contributed by atoms with E-state index in [0.717, 1.165) is 0 Å². The highest BCUT2D eigenvalue weighted by Gasteiger charge is 2.35. The molecule has 0 fully saturated rings. The van der Waals surface area contributed by atoms with Crippen LogP contribution in [-0.2, 0) is 10.8 Å². The highest BCUT2D eigenvalue weighted by molar-refractivity contribution is 7.60. The molecule has 2 nitrogen and oxygen atoms in total. The van der Waals surface area contributed by atoms with Crippen LogP contribution in [0.3, 0.4) is 0 Å². The van der Waals surface area contributed by atoms with Crippen molar-refractivity contribution in [1.82, 2.24) is 0 Å². The number of benzene rings is 3. The Morgan fingerprint density at radius 2 is 1.14 bits per heavy atom. The zero-order valence-electron chi connectivity index (χ0n) is 25.1. The van der Waals surface area contributed by atoms with Gasteiger partial charge in [-0.15, -0.1) is 0 Å². The Kier molecular flexibility index (Phi) is 9.18. The number of rotatable bonds is 8. The maximum absolute atomic E-state index is 4.10. The van der Waals surface area contributed by atoms with Crippen LogP contribution in [0, 0.1) is 6.92 Å². The van der Waals surface area contributed by atoms with Crippen molar-refractivity contribution < 1.29 is 0 Å². The van der Waals surface area contributed by atoms with E-state index in [0.29, 0.717) is 11.3 Å². The fraction of sp³-hybridized carbons (Fsp3) is 0.471. The van der Waals surface area contributed by atoms with Crippen LogP contribution >= 0.6 is 8.07 Å². The summed E-state index contributed by atoms with van der Waals surface area (Å²) in [6, 6.07) is 27.0. The van der Waals surface area contributed by atoms with Gasteiger partial charge in [0.2, 0.25) is 0 Å². The first-order chi connectivity index (χ1) is 17.2. The molecular weight excluding hydrogens is 467 g/mol. The Hall–Kier alpha value is -2.31. The summed E-state index contributed by atoms with van der Waals surface area (Å²) < 4.78 is 2.76. The van der Waals surface area contributed by atoms with Gasteiger partial charge < -0.3 is 9.99 Å². The van der Waals surface area contributed by atoms with Crippen molar-refractivity contribution in [3.8, 4) is 0 Å². The molecule has 0 bridgehead atoms. The summed E-state index contributed by atoms with van der Waals surface area (Å²) in [4.78, 5) is 0. The fourth-order valence-electron chi connectivity index (χ4n) is 5.24. The summed E-state index contributed by atoms with van der Waals surface area (Å²) in [7, 11) is -0.515. The van der Waals surface area contributed by atoms with Gasteiger partial charge in [0.05, 0.1) is 0 Å². The van der Waals surface area contributed by atoms with Crippen molar-refractivity contribution in [1.29, 1.82) is 0 Å². The van der Waals surface area contributed by atoms with Crippen LogP contribution in [0.5, 0.6) is 0 Å². The summed E-state index contributed by atoms with van der Waals surface area (Å²) in [5, 5.41) is 4.10. The maximum Gasteiger partial charge on any atom is 0.129 e. The molecule has 3 rings (SSSR count). The van der Waals surface area contributed by atoms with E-state index in [1.54, 1.807) is 0 Å². The van der Waals surface area contributed by atoms with Gasteiger partial charge in [0, 0.05) is 11.4 Å². The first-order valence-corrected chi connectivity index (χ1v) is 15.2. The van der Waals surface area contributed by atoms with Crippen molar-refractivity contribution in [2.45, 2.75) is 104 Å². The largest absolute Gasteiger partial charge is 0.361 e. The predicted octanol–water partition coefficient (Wildman–Crippen LogP) is 10.4. The topological polar surface area (TPSA) is 15.3 Å². The Labute approximate surface area is 228 Å². The van der Waals surface area contributed by atoms with Crippen LogP contribution in [0.2, 0.25) is 0 Å². The molecule has 0 saturated heterocycles. The minimum atomic E-state index is -0.515. The van der Waals surface area contributed by atoms with Crippen LogP contribution in [0.4, 0.5) is 11.4 Å². The summed E-state index contributed by atoms with van der Waals surface area (Å²) in [5.74, 6) is 0. The van der Waals surface area contributed by atoms with Crippen molar-refractivity contribution in [3.63, 3.8) is 0 Å². The van der Waals surface area contributed by atoms with Crippen molar-refractivity contribution in [3.05, 3.63) is 95.1 Å². The molecule has 37 heavy (non-hydrogen) atoms. The molecule has 3 aromatic rings. The van der Waals surface area contributed by atoms with Crippen molar-refractivity contribution in [2.24, 2.45) is 0 Å². The molecule has 0 spiro atoms. The van der Waals surface area contributed by atoms with Crippen molar-refractivity contribution in [2.75, 3.05) is 9.99 Å². The fourth-order valence-corrected chi connectivity index (χ4v) is 8.31. The lowest BCUT2D eigenvalue weighted by Gasteiger charge is -2.46. The van der Waals surface area contributed by atoms with E-state index in [-0.39, 0.29) is 17.0 Å². The molecule has 1 N–H and O–H groups in total.